The van der Waals surface area contributed by atoms with E-state index in [2.05, 4.69) is 48.7 Å². The Bertz CT molecular complexity index is 441. The van der Waals surface area contributed by atoms with Gasteiger partial charge in [-0.3, -0.25) is 4.79 Å². The summed E-state index contributed by atoms with van der Waals surface area (Å²) in [4.78, 5) is 12.3. The van der Waals surface area contributed by atoms with Crippen LogP contribution in [0, 0.1) is 12.8 Å². The molecule has 1 aliphatic heterocycles. The lowest BCUT2D eigenvalue weighted by atomic mass is 9.90. The Labute approximate surface area is 122 Å². The number of nitrogens with one attached hydrogen (secondary N) is 2. The maximum absolute atomic E-state index is 12.3. The smallest absolute Gasteiger partial charge is 0.237 e. The lowest BCUT2D eigenvalue weighted by Crippen LogP contribution is -2.49. The lowest BCUT2D eigenvalue weighted by molar-refractivity contribution is -0.124. The SMILES string of the molecule is CCC1CCNC(C(=O)N[C@H](C)c2ccc(C)cc2)C1. The highest BCUT2D eigenvalue weighted by atomic mass is 16.2. The van der Waals surface area contributed by atoms with Crippen molar-refractivity contribution >= 4 is 5.91 Å². The Hall–Kier alpha value is -1.35. The first kappa shape index (κ1) is 15.0. The van der Waals surface area contributed by atoms with Crippen LogP contribution in [-0.2, 0) is 4.79 Å². The van der Waals surface area contributed by atoms with Crippen LogP contribution in [0.25, 0.3) is 0 Å². The van der Waals surface area contributed by atoms with E-state index in [1.54, 1.807) is 0 Å². The second-order valence-corrected chi connectivity index (χ2v) is 5.95. The third kappa shape index (κ3) is 3.83. The van der Waals surface area contributed by atoms with E-state index in [9.17, 15) is 4.79 Å². The van der Waals surface area contributed by atoms with Crippen LogP contribution in [0.1, 0.15) is 50.3 Å². The topological polar surface area (TPSA) is 41.1 Å². The Morgan fingerprint density at radius 3 is 2.75 bits per heavy atom. The molecule has 1 saturated heterocycles. The predicted octanol–water partition coefficient (Wildman–Crippen LogP) is 2.95. The standard InChI is InChI=1S/C17H26N2O/c1-4-14-9-10-18-16(11-14)17(20)19-13(3)15-7-5-12(2)6-8-15/h5-8,13-14,16,18H,4,9-11H2,1-3H3,(H,19,20)/t13-,14?,16?/m1/s1. The fourth-order valence-electron chi connectivity index (χ4n) is 2.82. The number of carbonyl (C=O) groups is 1. The third-order valence-electron chi connectivity index (χ3n) is 4.34. The second-order valence-electron chi connectivity index (χ2n) is 5.95. The number of hydrogen-bond acceptors (Lipinski definition) is 2. The zero-order valence-electron chi connectivity index (χ0n) is 12.8. The van der Waals surface area contributed by atoms with E-state index in [0.717, 1.165) is 18.5 Å². The van der Waals surface area contributed by atoms with Gasteiger partial charge in [-0.2, -0.15) is 0 Å². The van der Waals surface area contributed by atoms with Gasteiger partial charge in [0.2, 0.25) is 5.91 Å². The van der Waals surface area contributed by atoms with E-state index in [-0.39, 0.29) is 18.0 Å². The average molecular weight is 274 g/mol. The van der Waals surface area contributed by atoms with Crippen molar-refractivity contribution in [2.75, 3.05) is 6.54 Å². The van der Waals surface area contributed by atoms with Gasteiger partial charge in [0.1, 0.15) is 0 Å². The summed E-state index contributed by atoms with van der Waals surface area (Å²) < 4.78 is 0. The van der Waals surface area contributed by atoms with Crippen LogP contribution < -0.4 is 10.6 Å². The molecule has 0 spiro atoms. The second kappa shape index (κ2) is 6.89. The molecule has 1 aromatic rings. The highest BCUT2D eigenvalue weighted by molar-refractivity contribution is 5.82. The van der Waals surface area contributed by atoms with Crippen molar-refractivity contribution in [1.29, 1.82) is 0 Å². The van der Waals surface area contributed by atoms with Crippen molar-refractivity contribution in [3.05, 3.63) is 35.4 Å². The fourth-order valence-corrected chi connectivity index (χ4v) is 2.82. The van der Waals surface area contributed by atoms with Gasteiger partial charge in [0.05, 0.1) is 12.1 Å². The Morgan fingerprint density at radius 2 is 2.10 bits per heavy atom. The van der Waals surface area contributed by atoms with Gasteiger partial charge < -0.3 is 10.6 Å². The summed E-state index contributed by atoms with van der Waals surface area (Å²) in [7, 11) is 0. The predicted molar refractivity (Wildman–Crippen MR) is 82.5 cm³/mol. The number of rotatable bonds is 4. The Kier molecular flexibility index (Phi) is 5.18. The van der Waals surface area contributed by atoms with Crippen molar-refractivity contribution in [1.82, 2.24) is 10.6 Å². The Balaban J connectivity index is 1.91. The van der Waals surface area contributed by atoms with Crippen LogP contribution in [0.2, 0.25) is 0 Å². The molecule has 0 aliphatic carbocycles. The van der Waals surface area contributed by atoms with Gasteiger partial charge >= 0.3 is 0 Å². The van der Waals surface area contributed by atoms with E-state index in [1.165, 1.54) is 18.4 Å². The highest BCUT2D eigenvalue weighted by Crippen LogP contribution is 2.20. The molecule has 3 heteroatoms. The first-order valence-corrected chi connectivity index (χ1v) is 7.70. The third-order valence-corrected chi connectivity index (χ3v) is 4.34. The average Bonchev–Trinajstić information content (AvgIpc) is 2.47. The summed E-state index contributed by atoms with van der Waals surface area (Å²) in [5.74, 6) is 0.818. The van der Waals surface area contributed by atoms with Crippen LogP contribution in [0.3, 0.4) is 0 Å². The van der Waals surface area contributed by atoms with Crippen molar-refractivity contribution in [3.63, 3.8) is 0 Å². The van der Waals surface area contributed by atoms with Crippen molar-refractivity contribution < 1.29 is 4.79 Å². The molecular formula is C17H26N2O. The highest BCUT2D eigenvalue weighted by Gasteiger charge is 2.26. The van der Waals surface area contributed by atoms with Gasteiger partial charge in [-0.15, -0.1) is 0 Å². The molecule has 0 bridgehead atoms. The zero-order valence-corrected chi connectivity index (χ0v) is 12.8. The number of amides is 1. The monoisotopic (exact) mass is 274 g/mol. The summed E-state index contributed by atoms with van der Waals surface area (Å²) in [6.45, 7) is 7.28. The zero-order chi connectivity index (χ0) is 14.5. The van der Waals surface area contributed by atoms with E-state index in [4.69, 9.17) is 0 Å². The van der Waals surface area contributed by atoms with E-state index >= 15 is 0 Å². The summed E-state index contributed by atoms with van der Waals surface area (Å²) in [5.41, 5.74) is 2.40. The number of aryl methyl sites for hydroxylation is 1. The van der Waals surface area contributed by atoms with E-state index in [1.807, 2.05) is 6.92 Å². The van der Waals surface area contributed by atoms with E-state index < -0.39 is 0 Å². The van der Waals surface area contributed by atoms with Crippen LogP contribution in [0.4, 0.5) is 0 Å². The summed E-state index contributed by atoms with van der Waals surface area (Å²) >= 11 is 0. The number of benzene rings is 1. The van der Waals surface area contributed by atoms with Crippen molar-refractivity contribution in [2.45, 2.75) is 52.1 Å². The first-order valence-electron chi connectivity index (χ1n) is 7.70. The summed E-state index contributed by atoms with van der Waals surface area (Å²) in [6.07, 6.45) is 3.32. The molecule has 110 valence electrons. The molecule has 1 fully saturated rings. The molecule has 2 rings (SSSR count). The molecule has 2 N–H and O–H groups in total. The normalized spacial score (nSPS) is 24.1. The quantitative estimate of drug-likeness (QED) is 0.886. The minimum Gasteiger partial charge on any atom is -0.348 e. The first-order chi connectivity index (χ1) is 9.60. The molecule has 1 aromatic carbocycles. The molecule has 0 radical (unpaired) electrons. The maximum Gasteiger partial charge on any atom is 0.237 e. The van der Waals surface area contributed by atoms with Crippen LogP contribution in [0.15, 0.2) is 24.3 Å². The van der Waals surface area contributed by atoms with Crippen LogP contribution in [-0.4, -0.2) is 18.5 Å². The molecule has 3 nitrogen and oxygen atoms in total. The molecule has 0 aromatic heterocycles. The lowest BCUT2D eigenvalue weighted by Gasteiger charge is -2.29. The number of carbonyl (C=O) groups excluding carboxylic acids is 1. The molecular weight excluding hydrogens is 248 g/mol. The molecule has 1 aliphatic rings. The van der Waals surface area contributed by atoms with Crippen molar-refractivity contribution in [3.8, 4) is 0 Å². The molecule has 1 amide bonds. The summed E-state index contributed by atoms with van der Waals surface area (Å²) in [5, 5.41) is 6.47. The molecule has 1 heterocycles. The largest absolute Gasteiger partial charge is 0.348 e. The maximum atomic E-state index is 12.3. The van der Waals surface area contributed by atoms with Gasteiger partial charge in [0.25, 0.3) is 0 Å². The van der Waals surface area contributed by atoms with Gasteiger partial charge in [-0.05, 0) is 44.7 Å². The minimum atomic E-state index is -0.0263. The van der Waals surface area contributed by atoms with Gasteiger partial charge in [-0.1, -0.05) is 43.2 Å². The van der Waals surface area contributed by atoms with E-state index in [0.29, 0.717) is 5.92 Å². The minimum absolute atomic E-state index is 0.0263. The number of hydrogen-bond donors (Lipinski definition) is 2. The molecule has 20 heavy (non-hydrogen) atoms. The van der Waals surface area contributed by atoms with Crippen LogP contribution in [0.5, 0.6) is 0 Å². The summed E-state index contributed by atoms with van der Waals surface area (Å²) in [6, 6.07) is 8.38. The molecule has 2 unspecified atom stereocenters. The Morgan fingerprint density at radius 1 is 1.40 bits per heavy atom. The fraction of sp³-hybridized carbons (Fsp3) is 0.588. The number of piperidine rings is 1. The van der Waals surface area contributed by atoms with Gasteiger partial charge in [0, 0.05) is 0 Å². The van der Waals surface area contributed by atoms with Crippen molar-refractivity contribution in [2.24, 2.45) is 5.92 Å². The van der Waals surface area contributed by atoms with Gasteiger partial charge in [0.15, 0.2) is 0 Å². The van der Waals surface area contributed by atoms with Gasteiger partial charge in [-0.25, -0.2) is 0 Å². The molecule has 0 saturated carbocycles. The molecule has 3 atom stereocenters. The van der Waals surface area contributed by atoms with Crippen LogP contribution >= 0.6 is 0 Å².